The van der Waals surface area contributed by atoms with E-state index in [2.05, 4.69) is 18.9 Å². The predicted molar refractivity (Wildman–Crippen MR) is 62.0 cm³/mol. The first-order valence-corrected chi connectivity index (χ1v) is 5.98. The third-order valence-corrected chi connectivity index (χ3v) is 3.38. The van der Waals surface area contributed by atoms with Gasteiger partial charge in [-0.25, -0.2) is 8.78 Å². The van der Waals surface area contributed by atoms with Crippen LogP contribution >= 0.6 is 0 Å². The fourth-order valence-electron chi connectivity index (χ4n) is 2.52. The van der Waals surface area contributed by atoms with E-state index in [0.717, 1.165) is 12.1 Å². The normalized spacial score (nSPS) is 21.5. The van der Waals surface area contributed by atoms with Crippen molar-refractivity contribution in [3.05, 3.63) is 18.0 Å². The zero-order chi connectivity index (χ0) is 12.7. The van der Waals surface area contributed by atoms with E-state index in [9.17, 15) is 8.78 Å². The third-order valence-electron chi connectivity index (χ3n) is 3.38. The van der Waals surface area contributed by atoms with Crippen LogP contribution in [0.15, 0.2) is 12.4 Å². The second-order valence-electron chi connectivity index (χ2n) is 5.54. The first kappa shape index (κ1) is 12.5. The maximum atomic E-state index is 13.0. The van der Waals surface area contributed by atoms with E-state index in [0.29, 0.717) is 5.92 Å². The summed E-state index contributed by atoms with van der Waals surface area (Å²) in [6, 6.07) is 0. The Bertz CT molecular complexity index is 390. The molecule has 1 fully saturated rings. The van der Waals surface area contributed by atoms with Gasteiger partial charge in [0.05, 0.1) is 6.20 Å². The molecule has 0 bridgehead atoms. The van der Waals surface area contributed by atoms with E-state index in [1.807, 2.05) is 10.9 Å². The fraction of sp³-hybridized carbons (Fsp3) is 0.750. The molecule has 17 heavy (non-hydrogen) atoms. The van der Waals surface area contributed by atoms with Crippen molar-refractivity contribution in [1.29, 1.82) is 0 Å². The number of nitrogens with zero attached hydrogens (tertiary/aromatic N) is 2. The Balaban J connectivity index is 2.14. The van der Waals surface area contributed by atoms with Crippen LogP contribution in [0.4, 0.5) is 8.78 Å². The van der Waals surface area contributed by atoms with Gasteiger partial charge in [-0.2, -0.15) is 5.10 Å². The Hall–Kier alpha value is -0.970. The summed E-state index contributed by atoms with van der Waals surface area (Å²) in [5.41, 5.74) is 5.96. The minimum atomic E-state index is -2.56. The summed E-state index contributed by atoms with van der Waals surface area (Å²) in [6.45, 7) is 5.25. The van der Waals surface area contributed by atoms with Crippen LogP contribution in [0.3, 0.4) is 0 Å². The lowest BCUT2D eigenvalue weighted by Gasteiger charge is -2.46. The lowest BCUT2D eigenvalue weighted by atomic mass is 9.63. The second kappa shape index (κ2) is 4.05. The number of alkyl halides is 2. The molecule has 0 amide bonds. The van der Waals surface area contributed by atoms with E-state index in [-0.39, 0.29) is 19.4 Å². The Morgan fingerprint density at radius 3 is 2.59 bits per heavy atom. The lowest BCUT2D eigenvalue weighted by molar-refractivity contribution is -0.123. The van der Waals surface area contributed by atoms with Crippen LogP contribution in [0.1, 0.15) is 32.3 Å². The monoisotopic (exact) mass is 243 g/mol. The zero-order valence-electron chi connectivity index (χ0n) is 10.3. The molecule has 1 aromatic rings. The third kappa shape index (κ3) is 2.34. The number of aromatic nitrogens is 2. The van der Waals surface area contributed by atoms with Crippen molar-refractivity contribution in [2.24, 2.45) is 11.7 Å². The van der Waals surface area contributed by atoms with Gasteiger partial charge in [0.1, 0.15) is 0 Å². The van der Waals surface area contributed by atoms with Gasteiger partial charge in [-0.1, -0.05) is 13.8 Å². The smallest absolute Gasteiger partial charge is 0.250 e. The van der Waals surface area contributed by atoms with Crippen LogP contribution < -0.4 is 5.73 Å². The van der Waals surface area contributed by atoms with Gasteiger partial charge in [0.25, 0.3) is 0 Å². The first-order chi connectivity index (χ1) is 7.87. The molecule has 0 saturated heterocycles. The van der Waals surface area contributed by atoms with Crippen LogP contribution in [-0.4, -0.2) is 22.2 Å². The maximum absolute atomic E-state index is 13.0. The number of hydrogen-bond donors (Lipinski definition) is 1. The quantitative estimate of drug-likeness (QED) is 0.880. The van der Waals surface area contributed by atoms with Gasteiger partial charge in [0, 0.05) is 37.5 Å². The van der Waals surface area contributed by atoms with E-state index in [1.54, 1.807) is 6.20 Å². The van der Waals surface area contributed by atoms with E-state index < -0.39 is 11.3 Å². The molecule has 2 N–H and O–H groups in total. The zero-order valence-corrected chi connectivity index (χ0v) is 10.3. The van der Waals surface area contributed by atoms with Crippen LogP contribution in [0.5, 0.6) is 0 Å². The standard InChI is InChI=1S/C12H19F2N3/c1-9(2)4-17-5-10(3-16-17)11(8-15)6-12(13,14)7-11/h3,5,9H,4,6-8,15H2,1-2H3. The minimum absolute atomic E-state index is 0.149. The van der Waals surface area contributed by atoms with Gasteiger partial charge in [0.15, 0.2) is 0 Å². The molecule has 0 aromatic carbocycles. The highest BCUT2D eigenvalue weighted by molar-refractivity contribution is 5.27. The highest BCUT2D eigenvalue weighted by Crippen LogP contribution is 2.52. The molecule has 1 aliphatic rings. The number of rotatable bonds is 4. The van der Waals surface area contributed by atoms with Crippen molar-refractivity contribution in [1.82, 2.24) is 9.78 Å². The highest BCUT2D eigenvalue weighted by Gasteiger charge is 2.56. The Morgan fingerprint density at radius 1 is 1.47 bits per heavy atom. The Morgan fingerprint density at radius 2 is 2.12 bits per heavy atom. The van der Waals surface area contributed by atoms with Crippen LogP contribution in [0, 0.1) is 5.92 Å². The van der Waals surface area contributed by atoms with Gasteiger partial charge in [0.2, 0.25) is 5.92 Å². The van der Waals surface area contributed by atoms with Crippen LogP contribution in [0.25, 0.3) is 0 Å². The van der Waals surface area contributed by atoms with Gasteiger partial charge in [-0.15, -0.1) is 0 Å². The molecule has 0 unspecified atom stereocenters. The van der Waals surface area contributed by atoms with Crippen molar-refractivity contribution >= 4 is 0 Å². The lowest BCUT2D eigenvalue weighted by Crippen LogP contribution is -2.53. The highest BCUT2D eigenvalue weighted by atomic mass is 19.3. The maximum Gasteiger partial charge on any atom is 0.250 e. The minimum Gasteiger partial charge on any atom is -0.330 e. The molecule has 1 saturated carbocycles. The van der Waals surface area contributed by atoms with Crippen molar-refractivity contribution in [3.63, 3.8) is 0 Å². The topological polar surface area (TPSA) is 43.8 Å². The molecular weight excluding hydrogens is 224 g/mol. The molecule has 3 nitrogen and oxygen atoms in total. The van der Waals surface area contributed by atoms with Crippen molar-refractivity contribution in [2.75, 3.05) is 6.54 Å². The van der Waals surface area contributed by atoms with Crippen molar-refractivity contribution < 1.29 is 8.78 Å². The van der Waals surface area contributed by atoms with E-state index in [4.69, 9.17) is 5.73 Å². The largest absolute Gasteiger partial charge is 0.330 e. The van der Waals surface area contributed by atoms with Crippen molar-refractivity contribution in [2.45, 2.75) is 44.6 Å². The van der Waals surface area contributed by atoms with E-state index >= 15 is 0 Å². The SMILES string of the molecule is CC(C)Cn1cc(C2(CN)CC(F)(F)C2)cn1. The molecule has 0 aliphatic heterocycles. The molecule has 1 aliphatic carbocycles. The summed E-state index contributed by atoms with van der Waals surface area (Å²) in [4.78, 5) is 0. The molecule has 0 atom stereocenters. The molecule has 2 rings (SSSR count). The molecule has 1 aromatic heterocycles. The summed E-state index contributed by atoms with van der Waals surface area (Å²) in [5.74, 6) is -2.07. The Kier molecular flexibility index (Phi) is 2.97. The van der Waals surface area contributed by atoms with Gasteiger partial charge in [-0.3, -0.25) is 4.68 Å². The second-order valence-corrected chi connectivity index (χ2v) is 5.54. The summed E-state index contributed by atoms with van der Waals surface area (Å²) in [6.07, 6.45) is 3.25. The predicted octanol–water partition coefficient (Wildman–Crippen LogP) is 2.16. The van der Waals surface area contributed by atoms with Crippen LogP contribution in [0.2, 0.25) is 0 Å². The fourth-order valence-corrected chi connectivity index (χ4v) is 2.52. The number of hydrogen-bond acceptors (Lipinski definition) is 2. The average Bonchev–Trinajstić information content (AvgIpc) is 2.61. The molecular formula is C12H19F2N3. The molecule has 96 valence electrons. The summed E-state index contributed by atoms with van der Waals surface area (Å²) in [7, 11) is 0. The first-order valence-electron chi connectivity index (χ1n) is 5.98. The van der Waals surface area contributed by atoms with Crippen molar-refractivity contribution in [3.8, 4) is 0 Å². The number of halogens is 2. The Labute approximate surface area is 100.0 Å². The van der Waals surface area contributed by atoms with E-state index in [1.165, 1.54) is 0 Å². The summed E-state index contributed by atoms with van der Waals surface area (Å²) in [5, 5.41) is 4.22. The van der Waals surface area contributed by atoms with Gasteiger partial charge >= 0.3 is 0 Å². The van der Waals surface area contributed by atoms with Crippen LogP contribution in [-0.2, 0) is 12.0 Å². The van der Waals surface area contributed by atoms with Gasteiger partial charge < -0.3 is 5.73 Å². The molecule has 5 heteroatoms. The summed E-state index contributed by atoms with van der Waals surface area (Å²) < 4.78 is 27.9. The number of nitrogens with two attached hydrogens (primary N) is 1. The summed E-state index contributed by atoms with van der Waals surface area (Å²) >= 11 is 0. The average molecular weight is 243 g/mol. The van der Waals surface area contributed by atoms with Gasteiger partial charge in [-0.05, 0) is 11.5 Å². The molecule has 0 spiro atoms. The molecule has 0 radical (unpaired) electrons. The molecule has 1 heterocycles.